The molecule has 11 heteroatoms. The number of rotatable bonds is 15. The van der Waals surface area contributed by atoms with Crippen molar-refractivity contribution in [1.29, 1.82) is 0 Å². The molecule has 1 saturated heterocycles. The Morgan fingerprint density at radius 1 is 0.936 bits per heavy atom. The fraction of sp³-hybridized carbons (Fsp3) is 0.667. The molecule has 2 fully saturated rings. The van der Waals surface area contributed by atoms with Gasteiger partial charge in [-0.25, -0.2) is 4.79 Å². The summed E-state index contributed by atoms with van der Waals surface area (Å²) in [4.78, 5) is 81.0. The van der Waals surface area contributed by atoms with E-state index >= 15 is 0 Å². The van der Waals surface area contributed by atoms with Gasteiger partial charge in [0.25, 0.3) is 5.91 Å². The van der Waals surface area contributed by atoms with Gasteiger partial charge in [0.15, 0.2) is 5.78 Å². The van der Waals surface area contributed by atoms with Gasteiger partial charge in [0.1, 0.15) is 12.1 Å². The Labute approximate surface area is 279 Å². The fourth-order valence-electron chi connectivity index (χ4n) is 6.79. The van der Waals surface area contributed by atoms with Crippen LogP contribution in [-0.4, -0.2) is 70.9 Å². The zero-order chi connectivity index (χ0) is 35.2. The molecule has 0 spiro atoms. The number of nitrogens with zero attached hydrogens (tertiary/aromatic N) is 1. The number of likely N-dealkylation sites (tertiary alicyclic amines) is 1. The van der Waals surface area contributed by atoms with Crippen molar-refractivity contribution in [2.24, 2.45) is 40.7 Å². The summed E-state index contributed by atoms with van der Waals surface area (Å²) < 4.78 is 0. The first-order chi connectivity index (χ1) is 21.9. The molecule has 11 nitrogen and oxygen atoms in total. The number of carbonyl (C=O) groups is 6. The summed E-state index contributed by atoms with van der Waals surface area (Å²) in [6, 6.07) is 5.26. The Hall–Kier alpha value is -3.76. The molecule has 3 rings (SSSR count). The number of hydrogen-bond donors (Lipinski definition) is 4. The van der Waals surface area contributed by atoms with Crippen molar-refractivity contribution in [3.63, 3.8) is 0 Å². The lowest BCUT2D eigenvalue weighted by Crippen LogP contribution is -2.62. The van der Waals surface area contributed by atoms with E-state index in [-0.39, 0.29) is 48.3 Å². The molecule has 5 N–H and O–H groups in total. The molecular weight excluding hydrogens is 598 g/mol. The first-order valence-corrected chi connectivity index (χ1v) is 17.0. The van der Waals surface area contributed by atoms with Crippen LogP contribution in [0.15, 0.2) is 30.3 Å². The lowest BCUT2D eigenvalue weighted by Gasteiger charge is -2.37. The topological polar surface area (TPSA) is 168 Å². The van der Waals surface area contributed by atoms with Crippen LogP contribution in [0.5, 0.6) is 0 Å². The highest BCUT2D eigenvalue weighted by Crippen LogP contribution is 2.38. The predicted octanol–water partition coefficient (Wildman–Crippen LogP) is 3.39. The van der Waals surface area contributed by atoms with E-state index in [2.05, 4.69) is 16.0 Å². The molecule has 2 aliphatic rings. The van der Waals surface area contributed by atoms with Gasteiger partial charge in [0.05, 0.1) is 12.1 Å². The lowest BCUT2D eigenvalue weighted by atomic mass is 9.81. The highest BCUT2D eigenvalue weighted by Gasteiger charge is 2.50. The summed E-state index contributed by atoms with van der Waals surface area (Å²) in [5.74, 6) is -3.21. The Morgan fingerprint density at radius 3 is 2.06 bits per heavy atom. The number of nitrogens with one attached hydrogen (secondary N) is 3. The van der Waals surface area contributed by atoms with E-state index in [4.69, 9.17) is 5.73 Å². The van der Waals surface area contributed by atoms with Crippen LogP contribution < -0.4 is 21.7 Å². The van der Waals surface area contributed by atoms with Crippen molar-refractivity contribution >= 4 is 35.3 Å². The molecule has 6 atom stereocenters. The van der Waals surface area contributed by atoms with Gasteiger partial charge >= 0.3 is 6.03 Å². The Kier molecular flexibility index (Phi) is 12.7. The molecule has 1 aromatic rings. The molecule has 47 heavy (non-hydrogen) atoms. The number of Topliss-reactive ketones (excluding diaryl/α,β-unsaturated/α-hetero) is 2. The average Bonchev–Trinajstić information content (AvgIpc) is 3.74. The van der Waals surface area contributed by atoms with Gasteiger partial charge in [0.2, 0.25) is 17.6 Å². The van der Waals surface area contributed by atoms with Crippen LogP contribution in [0.3, 0.4) is 0 Å². The number of urea groups is 1. The van der Waals surface area contributed by atoms with Gasteiger partial charge in [-0.1, -0.05) is 98.6 Å². The number of aryl methyl sites for hydroxylation is 1. The van der Waals surface area contributed by atoms with Crippen LogP contribution in [0.2, 0.25) is 0 Å². The number of primary amides is 1. The number of benzene rings is 1. The van der Waals surface area contributed by atoms with Crippen LogP contribution in [0.1, 0.15) is 86.6 Å². The number of carbonyl (C=O) groups excluding carboxylic acids is 6. The van der Waals surface area contributed by atoms with E-state index in [0.29, 0.717) is 12.8 Å². The van der Waals surface area contributed by atoms with Crippen LogP contribution >= 0.6 is 0 Å². The molecule has 1 heterocycles. The standard InChI is InChI=1S/C36H55N5O6/c1-20(2)27-22(5)19-41(29(27)33(45)38-25(18-24-14-15-24)30(43)32(37)44)34(46)31(36(6,7)8)40-35(47)39-28(21(3)4)26(42)17-16-23-12-10-9-11-13-23/h9-13,20-22,24-25,27-29,31H,14-19H2,1-8H3,(H2,37,44)(H,38,45)(H2,39,40,47)/t22?,25?,27?,28?,29-,31?/m0/s1. The first kappa shape index (κ1) is 37.7. The lowest BCUT2D eigenvalue weighted by molar-refractivity contribution is -0.144. The normalized spacial score (nSPS) is 21.6. The zero-order valence-corrected chi connectivity index (χ0v) is 29.3. The van der Waals surface area contributed by atoms with Gasteiger partial charge < -0.3 is 26.6 Å². The predicted molar refractivity (Wildman–Crippen MR) is 180 cm³/mol. The van der Waals surface area contributed by atoms with Crippen LogP contribution in [0.4, 0.5) is 4.79 Å². The molecular formula is C36H55N5O6. The van der Waals surface area contributed by atoms with Gasteiger partial charge in [-0.2, -0.15) is 0 Å². The molecule has 0 aromatic heterocycles. The van der Waals surface area contributed by atoms with Crippen LogP contribution in [0.25, 0.3) is 0 Å². The maximum absolute atomic E-state index is 14.4. The van der Waals surface area contributed by atoms with Crippen molar-refractivity contribution in [2.75, 3.05) is 6.54 Å². The zero-order valence-electron chi connectivity index (χ0n) is 29.3. The number of hydrogen-bond acceptors (Lipinski definition) is 6. The van der Waals surface area contributed by atoms with E-state index in [1.807, 2.05) is 85.7 Å². The second-order valence-electron chi connectivity index (χ2n) is 15.3. The van der Waals surface area contributed by atoms with Gasteiger partial charge in [0, 0.05) is 13.0 Å². The molecule has 0 radical (unpaired) electrons. The van der Waals surface area contributed by atoms with Crippen molar-refractivity contribution in [3.8, 4) is 0 Å². The van der Waals surface area contributed by atoms with E-state index in [1.54, 1.807) is 0 Å². The van der Waals surface area contributed by atoms with Gasteiger partial charge in [-0.15, -0.1) is 0 Å². The molecule has 1 aliphatic carbocycles. The third-order valence-corrected chi connectivity index (χ3v) is 9.50. The van der Waals surface area contributed by atoms with Crippen molar-refractivity contribution < 1.29 is 28.8 Å². The largest absolute Gasteiger partial charge is 0.363 e. The minimum Gasteiger partial charge on any atom is -0.363 e. The third-order valence-electron chi connectivity index (χ3n) is 9.50. The van der Waals surface area contributed by atoms with Crippen molar-refractivity contribution in [1.82, 2.24) is 20.9 Å². The number of amides is 5. The molecule has 5 amide bonds. The maximum atomic E-state index is 14.4. The summed E-state index contributed by atoms with van der Waals surface area (Å²) in [5, 5.41) is 8.42. The Bertz CT molecular complexity index is 1300. The SMILES string of the molecule is CC(C)C(NC(=O)NC(C(=O)N1CC(C)C(C(C)C)[C@H]1C(=O)NC(CC1CC1)C(=O)C(N)=O)C(C)(C)C)C(=O)CCc1ccccc1. The molecule has 0 bridgehead atoms. The second-order valence-corrected chi connectivity index (χ2v) is 15.3. The van der Waals surface area contributed by atoms with E-state index in [1.165, 1.54) is 4.90 Å². The summed E-state index contributed by atoms with van der Waals surface area (Å²) in [7, 11) is 0. The minimum absolute atomic E-state index is 0.0188. The van der Waals surface area contributed by atoms with Gasteiger partial charge in [-0.05, 0) is 53.4 Å². The number of ketones is 2. The Morgan fingerprint density at radius 2 is 1.55 bits per heavy atom. The summed E-state index contributed by atoms with van der Waals surface area (Å²) >= 11 is 0. The van der Waals surface area contributed by atoms with E-state index < -0.39 is 59.1 Å². The second kappa shape index (κ2) is 15.9. The van der Waals surface area contributed by atoms with E-state index in [9.17, 15) is 28.8 Å². The van der Waals surface area contributed by atoms with Crippen molar-refractivity contribution in [2.45, 2.75) is 112 Å². The van der Waals surface area contributed by atoms with Crippen LogP contribution in [-0.2, 0) is 30.4 Å². The summed E-state index contributed by atoms with van der Waals surface area (Å²) in [5.41, 5.74) is 5.59. The summed E-state index contributed by atoms with van der Waals surface area (Å²) in [6.07, 6.45) is 2.96. The smallest absolute Gasteiger partial charge is 0.316 e. The molecule has 1 aromatic carbocycles. The molecule has 260 valence electrons. The first-order valence-electron chi connectivity index (χ1n) is 17.0. The summed E-state index contributed by atoms with van der Waals surface area (Å²) in [6.45, 7) is 15.4. The minimum atomic E-state index is -1.11. The molecule has 1 aliphatic heterocycles. The van der Waals surface area contributed by atoms with Crippen LogP contribution in [0, 0.1) is 35.0 Å². The average molecular weight is 654 g/mol. The Balaban J connectivity index is 1.81. The monoisotopic (exact) mass is 653 g/mol. The third kappa shape index (κ3) is 10.1. The maximum Gasteiger partial charge on any atom is 0.316 e. The highest BCUT2D eigenvalue weighted by molar-refractivity contribution is 6.37. The van der Waals surface area contributed by atoms with Crippen molar-refractivity contribution in [3.05, 3.63) is 35.9 Å². The molecule has 1 saturated carbocycles. The molecule has 5 unspecified atom stereocenters. The quantitative estimate of drug-likeness (QED) is 0.212. The number of nitrogens with two attached hydrogens (primary N) is 1. The highest BCUT2D eigenvalue weighted by atomic mass is 16.2. The fourth-order valence-corrected chi connectivity index (χ4v) is 6.79. The van der Waals surface area contributed by atoms with Gasteiger partial charge in [-0.3, -0.25) is 24.0 Å². The van der Waals surface area contributed by atoms with E-state index in [0.717, 1.165) is 18.4 Å².